The van der Waals surface area contributed by atoms with E-state index in [0.29, 0.717) is 36.6 Å². The van der Waals surface area contributed by atoms with E-state index in [1.54, 1.807) is 30.6 Å². The molecule has 1 aromatic heterocycles. The highest BCUT2D eigenvalue weighted by atomic mass is 79.9. The summed E-state index contributed by atoms with van der Waals surface area (Å²) in [5.41, 5.74) is 0. The van der Waals surface area contributed by atoms with Gasteiger partial charge in [0.25, 0.3) is 0 Å². The number of rotatable bonds is 2. The third-order valence-electron chi connectivity index (χ3n) is 3.31. The normalized spacial score (nSPS) is 17.4. The number of hydrogen-bond acceptors (Lipinski definition) is 4. The molecule has 3 rings (SSSR count). The van der Waals surface area contributed by atoms with Gasteiger partial charge in [-0.25, -0.2) is 8.42 Å². The maximum atomic E-state index is 12.7. The van der Waals surface area contributed by atoms with E-state index in [4.69, 9.17) is 4.74 Å². The number of hydrogen-bond donors (Lipinski definition) is 0. The highest BCUT2D eigenvalue weighted by Crippen LogP contribution is 2.30. The van der Waals surface area contributed by atoms with Crippen molar-refractivity contribution in [1.82, 2.24) is 9.29 Å². The molecule has 0 aliphatic carbocycles. The van der Waals surface area contributed by atoms with Crippen molar-refractivity contribution in [2.45, 2.75) is 4.90 Å². The third-order valence-corrected chi connectivity index (χ3v) is 5.96. The molecule has 1 aromatic carbocycles. The van der Waals surface area contributed by atoms with Gasteiger partial charge in [0.05, 0.1) is 18.1 Å². The molecule has 0 atom stereocenters. The van der Waals surface area contributed by atoms with E-state index in [9.17, 15) is 8.42 Å². The van der Waals surface area contributed by atoms with Crippen molar-refractivity contribution >= 4 is 36.7 Å². The maximum absolute atomic E-state index is 12.7. The quantitative estimate of drug-likeness (QED) is 0.825. The van der Waals surface area contributed by atoms with Gasteiger partial charge in [-0.2, -0.15) is 4.31 Å². The first-order valence-corrected chi connectivity index (χ1v) is 8.44. The van der Waals surface area contributed by atoms with Crippen LogP contribution >= 0.6 is 15.9 Å². The van der Waals surface area contributed by atoms with Gasteiger partial charge in [0.15, 0.2) is 0 Å². The Hall–Kier alpha value is -1.02. The van der Waals surface area contributed by atoms with E-state index in [1.807, 2.05) is 0 Å². The molecule has 0 saturated carbocycles. The molecule has 1 saturated heterocycles. The number of aromatic nitrogens is 1. The second-order valence-electron chi connectivity index (χ2n) is 4.48. The van der Waals surface area contributed by atoms with Gasteiger partial charge in [-0.05, 0) is 18.2 Å². The number of halogens is 1. The highest BCUT2D eigenvalue weighted by molar-refractivity contribution is 9.10. The van der Waals surface area contributed by atoms with Crippen LogP contribution in [0.2, 0.25) is 0 Å². The van der Waals surface area contributed by atoms with Crippen molar-refractivity contribution < 1.29 is 13.2 Å². The topological polar surface area (TPSA) is 59.5 Å². The fraction of sp³-hybridized carbons (Fsp3) is 0.308. The van der Waals surface area contributed by atoms with Crippen LogP contribution in [0, 0.1) is 0 Å². The smallest absolute Gasteiger partial charge is 0.243 e. The molecule has 0 N–H and O–H groups in total. The Kier molecular flexibility index (Phi) is 3.76. The Bertz CT molecular complexity index is 742. The van der Waals surface area contributed by atoms with Gasteiger partial charge < -0.3 is 4.74 Å². The molecule has 2 aromatic rings. The van der Waals surface area contributed by atoms with Gasteiger partial charge in [-0.15, -0.1) is 0 Å². The van der Waals surface area contributed by atoms with Crippen molar-refractivity contribution in [1.29, 1.82) is 0 Å². The highest BCUT2D eigenvalue weighted by Gasteiger charge is 2.28. The molecule has 0 amide bonds. The summed E-state index contributed by atoms with van der Waals surface area (Å²) in [5, 5.41) is 1.47. The van der Waals surface area contributed by atoms with Gasteiger partial charge in [-0.3, -0.25) is 4.98 Å². The lowest BCUT2D eigenvalue weighted by Crippen LogP contribution is -2.40. The van der Waals surface area contributed by atoms with Crippen LogP contribution in [0.3, 0.4) is 0 Å². The zero-order valence-electron chi connectivity index (χ0n) is 10.6. The van der Waals surface area contributed by atoms with Gasteiger partial charge >= 0.3 is 0 Å². The van der Waals surface area contributed by atoms with E-state index in [1.165, 1.54) is 4.31 Å². The molecule has 2 heterocycles. The summed E-state index contributed by atoms with van der Waals surface area (Å²) in [5.74, 6) is 0. The van der Waals surface area contributed by atoms with Crippen LogP contribution in [0.15, 0.2) is 40.0 Å². The minimum absolute atomic E-state index is 0.297. The Balaban J connectivity index is 2.16. The van der Waals surface area contributed by atoms with E-state index < -0.39 is 10.0 Å². The minimum Gasteiger partial charge on any atom is -0.379 e. The minimum atomic E-state index is -3.51. The first-order chi connectivity index (χ1) is 9.60. The maximum Gasteiger partial charge on any atom is 0.243 e. The molecule has 106 valence electrons. The fourth-order valence-electron chi connectivity index (χ4n) is 2.28. The molecular weight excluding hydrogens is 344 g/mol. The van der Waals surface area contributed by atoms with Crippen LogP contribution in [0.5, 0.6) is 0 Å². The van der Waals surface area contributed by atoms with Crippen LogP contribution in [0.4, 0.5) is 0 Å². The van der Waals surface area contributed by atoms with Crippen molar-refractivity contribution in [3.63, 3.8) is 0 Å². The van der Waals surface area contributed by atoms with E-state index in [2.05, 4.69) is 20.9 Å². The van der Waals surface area contributed by atoms with Crippen molar-refractivity contribution in [3.8, 4) is 0 Å². The number of nitrogens with zero attached hydrogens (tertiary/aromatic N) is 2. The Morgan fingerprint density at radius 2 is 1.90 bits per heavy atom. The summed E-state index contributed by atoms with van der Waals surface area (Å²) in [4.78, 5) is 4.34. The fourth-order valence-corrected chi connectivity index (χ4v) is 4.34. The molecule has 0 spiro atoms. The third kappa shape index (κ3) is 2.35. The van der Waals surface area contributed by atoms with Crippen molar-refractivity contribution in [2.75, 3.05) is 26.3 Å². The molecule has 0 radical (unpaired) electrons. The molecule has 0 bridgehead atoms. The molecule has 1 aliphatic heterocycles. The summed E-state index contributed by atoms with van der Waals surface area (Å²) < 4.78 is 33.0. The first kappa shape index (κ1) is 13.9. The predicted octanol–water partition coefficient (Wildman–Crippen LogP) is 2.02. The summed E-state index contributed by atoms with van der Waals surface area (Å²) in [6.07, 6.45) is 3.24. The van der Waals surface area contributed by atoms with E-state index in [0.717, 1.165) is 9.86 Å². The summed E-state index contributed by atoms with van der Waals surface area (Å²) in [6.45, 7) is 1.65. The second-order valence-corrected chi connectivity index (χ2v) is 7.24. The van der Waals surface area contributed by atoms with E-state index in [-0.39, 0.29) is 0 Å². The lowest BCUT2D eigenvalue weighted by Gasteiger charge is -2.26. The Morgan fingerprint density at radius 1 is 1.15 bits per heavy atom. The van der Waals surface area contributed by atoms with Gasteiger partial charge in [0, 0.05) is 40.7 Å². The SMILES string of the molecule is O=S(=O)(c1ccc(Br)c2ccncc12)N1CCOCC1. The van der Waals surface area contributed by atoms with Gasteiger partial charge in [0.1, 0.15) is 0 Å². The van der Waals surface area contributed by atoms with Crippen LogP contribution < -0.4 is 0 Å². The van der Waals surface area contributed by atoms with Crippen LogP contribution in [0.25, 0.3) is 10.8 Å². The predicted molar refractivity (Wildman–Crippen MR) is 79.0 cm³/mol. The Labute approximate surface area is 125 Å². The lowest BCUT2D eigenvalue weighted by molar-refractivity contribution is 0.0730. The number of fused-ring (bicyclic) bond motifs is 1. The Morgan fingerprint density at radius 3 is 2.65 bits per heavy atom. The van der Waals surface area contributed by atoms with Gasteiger partial charge in [-0.1, -0.05) is 15.9 Å². The summed E-state index contributed by atoms with van der Waals surface area (Å²) in [7, 11) is -3.51. The van der Waals surface area contributed by atoms with Crippen LogP contribution in [0.1, 0.15) is 0 Å². The van der Waals surface area contributed by atoms with Gasteiger partial charge in [0.2, 0.25) is 10.0 Å². The second kappa shape index (κ2) is 5.40. The molecule has 20 heavy (non-hydrogen) atoms. The molecule has 1 aliphatic rings. The molecular formula is C13H13BrN2O3S. The van der Waals surface area contributed by atoms with Crippen LogP contribution in [-0.2, 0) is 14.8 Å². The molecule has 1 fully saturated rings. The molecule has 5 nitrogen and oxygen atoms in total. The number of benzene rings is 1. The largest absolute Gasteiger partial charge is 0.379 e. The number of ether oxygens (including phenoxy) is 1. The average Bonchev–Trinajstić information content (AvgIpc) is 2.48. The van der Waals surface area contributed by atoms with E-state index >= 15 is 0 Å². The lowest BCUT2D eigenvalue weighted by atomic mass is 10.2. The summed E-state index contributed by atoms with van der Waals surface area (Å²) in [6, 6.07) is 5.19. The number of pyridine rings is 1. The number of sulfonamides is 1. The average molecular weight is 357 g/mol. The number of morpholine rings is 1. The molecule has 0 unspecified atom stereocenters. The monoisotopic (exact) mass is 356 g/mol. The standard InChI is InChI=1S/C13H13BrN2O3S/c14-12-1-2-13(11-9-15-4-3-10(11)12)20(17,18)16-5-7-19-8-6-16/h1-4,9H,5-8H2. The van der Waals surface area contributed by atoms with Crippen molar-refractivity contribution in [3.05, 3.63) is 35.1 Å². The summed E-state index contributed by atoms with van der Waals surface area (Å²) >= 11 is 3.44. The molecule has 7 heteroatoms. The first-order valence-electron chi connectivity index (χ1n) is 6.21. The zero-order valence-corrected chi connectivity index (χ0v) is 13.0. The van der Waals surface area contributed by atoms with Crippen molar-refractivity contribution in [2.24, 2.45) is 0 Å². The van der Waals surface area contributed by atoms with Crippen LogP contribution in [-0.4, -0.2) is 44.0 Å². The zero-order chi connectivity index (χ0) is 14.2.